The summed E-state index contributed by atoms with van der Waals surface area (Å²) in [5, 5.41) is 4.39. The lowest BCUT2D eigenvalue weighted by atomic mass is 10.1. The van der Waals surface area contributed by atoms with E-state index < -0.39 is 10.0 Å². The molecule has 8 nitrogen and oxygen atoms in total. The highest BCUT2D eigenvalue weighted by Gasteiger charge is 2.33. The van der Waals surface area contributed by atoms with Gasteiger partial charge < -0.3 is 9.32 Å². The number of hydrogen-bond acceptors (Lipinski definition) is 5. The average molecular weight is 443 g/mol. The number of aromatic nitrogens is 2. The predicted molar refractivity (Wildman–Crippen MR) is 116 cm³/mol. The van der Waals surface area contributed by atoms with Crippen LogP contribution in [0.4, 0.5) is 5.69 Å². The smallest absolute Gasteiger partial charge is 0.248 e. The minimum absolute atomic E-state index is 0.0250. The number of carbonyl (C=O) groups is 1. The quantitative estimate of drug-likeness (QED) is 0.586. The van der Waals surface area contributed by atoms with Crippen LogP contribution < -0.4 is 4.90 Å². The van der Waals surface area contributed by atoms with Gasteiger partial charge in [0.2, 0.25) is 15.9 Å². The van der Waals surface area contributed by atoms with E-state index in [1.165, 1.54) is 22.3 Å². The summed E-state index contributed by atoms with van der Waals surface area (Å²) in [5.41, 5.74) is 2.86. The minimum atomic E-state index is -3.80. The van der Waals surface area contributed by atoms with Gasteiger partial charge in [0.25, 0.3) is 0 Å². The molecule has 1 aliphatic heterocycles. The Hall–Kier alpha value is -2.91. The lowest BCUT2D eigenvalue weighted by molar-refractivity contribution is -0.119. The molecular weight excluding hydrogens is 416 g/mol. The molecule has 1 atom stereocenters. The number of hydrogen-bond donors (Lipinski definition) is 0. The van der Waals surface area contributed by atoms with Crippen molar-refractivity contribution in [1.82, 2.24) is 14.1 Å². The van der Waals surface area contributed by atoms with Gasteiger partial charge in [0.05, 0.1) is 24.2 Å². The topological polar surface area (TPSA) is 88.7 Å². The second kappa shape index (κ2) is 7.97. The summed E-state index contributed by atoms with van der Waals surface area (Å²) in [6.45, 7) is 5.43. The van der Waals surface area contributed by atoms with Gasteiger partial charge >= 0.3 is 0 Å². The van der Waals surface area contributed by atoms with E-state index >= 15 is 0 Å². The van der Waals surface area contributed by atoms with Crippen LogP contribution in [0.3, 0.4) is 0 Å². The Morgan fingerprint density at radius 3 is 2.68 bits per heavy atom. The molecule has 4 rings (SSSR count). The van der Waals surface area contributed by atoms with Gasteiger partial charge in [0.1, 0.15) is 17.2 Å². The van der Waals surface area contributed by atoms with Gasteiger partial charge in [0.15, 0.2) is 0 Å². The fraction of sp³-hybridized carbons (Fsp3) is 0.364. The number of rotatable bonds is 6. The Morgan fingerprint density at radius 1 is 1.23 bits per heavy atom. The van der Waals surface area contributed by atoms with Crippen molar-refractivity contribution in [2.24, 2.45) is 0 Å². The molecule has 0 spiro atoms. The van der Waals surface area contributed by atoms with Crippen molar-refractivity contribution >= 4 is 21.6 Å². The molecule has 0 aliphatic carbocycles. The van der Waals surface area contributed by atoms with Gasteiger partial charge in [-0.25, -0.2) is 8.42 Å². The second-order valence-corrected chi connectivity index (χ2v) is 9.93. The Balaban J connectivity index is 1.59. The van der Waals surface area contributed by atoms with E-state index in [1.54, 1.807) is 30.9 Å². The van der Waals surface area contributed by atoms with E-state index in [2.05, 4.69) is 5.10 Å². The van der Waals surface area contributed by atoms with Gasteiger partial charge in [-0.05, 0) is 51.0 Å². The summed E-state index contributed by atoms with van der Waals surface area (Å²) < 4.78 is 34.4. The molecule has 0 fully saturated rings. The summed E-state index contributed by atoms with van der Waals surface area (Å²) in [6, 6.07) is 11.3. The molecule has 164 valence electrons. The summed E-state index contributed by atoms with van der Waals surface area (Å²) in [6.07, 6.45) is 2.31. The molecule has 0 radical (unpaired) electrons. The van der Waals surface area contributed by atoms with Gasteiger partial charge in [0, 0.05) is 18.8 Å². The fourth-order valence-electron chi connectivity index (χ4n) is 4.22. The van der Waals surface area contributed by atoms with Crippen LogP contribution in [0.25, 0.3) is 0 Å². The van der Waals surface area contributed by atoms with Crippen molar-refractivity contribution < 1.29 is 17.6 Å². The van der Waals surface area contributed by atoms with Crippen LogP contribution >= 0.6 is 0 Å². The summed E-state index contributed by atoms with van der Waals surface area (Å²) >= 11 is 0. The van der Waals surface area contributed by atoms with Gasteiger partial charge in [-0.1, -0.05) is 18.2 Å². The third-order valence-electron chi connectivity index (χ3n) is 5.70. The Morgan fingerprint density at radius 2 is 1.97 bits per heavy atom. The summed E-state index contributed by atoms with van der Waals surface area (Å²) in [5.74, 6) is 0.432. The molecule has 3 aromatic rings. The third-order valence-corrected chi connectivity index (χ3v) is 7.76. The highest BCUT2D eigenvalue weighted by molar-refractivity contribution is 7.89. The Kier molecular flexibility index (Phi) is 5.49. The first-order valence-electron chi connectivity index (χ1n) is 10.1. The van der Waals surface area contributed by atoms with E-state index in [0.29, 0.717) is 17.1 Å². The first kappa shape index (κ1) is 21.3. The van der Waals surface area contributed by atoms with Gasteiger partial charge in [-0.2, -0.15) is 9.40 Å². The number of para-hydroxylation sites is 1. The summed E-state index contributed by atoms with van der Waals surface area (Å²) in [7, 11) is -2.30. The molecule has 0 N–H and O–H groups in total. The van der Waals surface area contributed by atoms with E-state index in [1.807, 2.05) is 31.2 Å². The first-order chi connectivity index (χ1) is 14.7. The van der Waals surface area contributed by atoms with E-state index in [9.17, 15) is 13.2 Å². The fourth-order valence-corrected chi connectivity index (χ4v) is 5.72. The average Bonchev–Trinajstić information content (AvgIpc) is 3.39. The van der Waals surface area contributed by atoms with Crippen LogP contribution in [-0.2, 0) is 34.3 Å². The Labute approximate surface area is 182 Å². The van der Waals surface area contributed by atoms with Crippen molar-refractivity contribution in [3.05, 3.63) is 65.4 Å². The normalized spacial score (nSPS) is 16.2. The van der Waals surface area contributed by atoms with E-state index in [4.69, 9.17) is 4.42 Å². The molecule has 3 heterocycles. The van der Waals surface area contributed by atoms with E-state index in [0.717, 1.165) is 17.7 Å². The highest BCUT2D eigenvalue weighted by Crippen LogP contribution is 2.32. The van der Waals surface area contributed by atoms with Crippen molar-refractivity contribution in [2.45, 2.75) is 51.2 Å². The zero-order valence-electron chi connectivity index (χ0n) is 18.1. The molecule has 0 bridgehead atoms. The molecule has 1 unspecified atom stereocenters. The van der Waals surface area contributed by atoms with Crippen LogP contribution in [0.15, 0.2) is 52.0 Å². The molecule has 1 aromatic carbocycles. The number of nitrogens with zero attached hydrogens (tertiary/aromatic N) is 4. The zero-order valence-corrected chi connectivity index (χ0v) is 18.9. The standard InChI is InChI=1S/C22H26N4O4S/c1-15-12-18-8-5-6-10-20(18)26(15)21(27)14-25-17(3)22(16(2)23-25)31(28,29)24(4)13-19-9-7-11-30-19/h5-11,15H,12-14H2,1-4H3. The number of furan rings is 1. The number of benzene rings is 1. The van der Waals surface area contributed by atoms with Crippen molar-refractivity contribution in [1.29, 1.82) is 0 Å². The SMILES string of the molecule is Cc1nn(CC(=O)N2c3ccccc3CC2C)c(C)c1S(=O)(=O)N(C)Cc1ccco1. The van der Waals surface area contributed by atoms with Crippen LogP contribution in [0, 0.1) is 13.8 Å². The predicted octanol–water partition coefficient (Wildman–Crippen LogP) is 2.89. The summed E-state index contributed by atoms with van der Waals surface area (Å²) in [4.78, 5) is 15.1. The van der Waals surface area contributed by atoms with E-state index in [-0.39, 0.29) is 29.9 Å². The van der Waals surface area contributed by atoms with Gasteiger partial charge in [-0.15, -0.1) is 0 Å². The van der Waals surface area contributed by atoms with Crippen molar-refractivity contribution in [2.75, 3.05) is 11.9 Å². The maximum Gasteiger partial charge on any atom is 0.248 e. The van der Waals surface area contributed by atoms with Crippen LogP contribution in [0.1, 0.15) is 29.6 Å². The minimum Gasteiger partial charge on any atom is -0.468 e. The largest absolute Gasteiger partial charge is 0.468 e. The Bertz CT molecular complexity index is 1210. The first-order valence-corrected chi connectivity index (χ1v) is 11.6. The number of anilines is 1. The molecule has 0 saturated carbocycles. The van der Waals surface area contributed by atoms with Crippen LogP contribution in [-0.4, -0.2) is 41.5 Å². The number of carbonyl (C=O) groups excluding carboxylic acids is 1. The molecule has 31 heavy (non-hydrogen) atoms. The number of amides is 1. The lowest BCUT2D eigenvalue weighted by Gasteiger charge is -2.23. The molecule has 1 amide bonds. The van der Waals surface area contributed by atoms with Gasteiger partial charge in [-0.3, -0.25) is 9.48 Å². The highest BCUT2D eigenvalue weighted by atomic mass is 32.2. The van der Waals surface area contributed by atoms with Crippen LogP contribution in [0.2, 0.25) is 0 Å². The molecule has 1 aliphatic rings. The lowest BCUT2D eigenvalue weighted by Crippen LogP contribution is -2.38. The second-order valence-electron chi connectivity index (χ2n) is 7.94. The monoisotopic (exact) mass is 442 g/mol. The number of aryl methyl sites for hydroxylation is 1. The maximum atomic E-state index is 13.2. The maximum absolute atomic E-state index is 13.2. The number of fused-ring (bicyclic) bond motifs is 1. The third kappa shape index (κ3) is 3.79. The number of sulfonamides is 1. The molecule has 9 heteroatoms. The zero-order chi connectivity index (χ0) is 22.3. The van der Waals surface area contributed by atoms with Crippen molar-refractivity contribution in [3.63, 3.8) is 0 Å². The molecular formula is C22H26N4O4S. The molecule has 0 saturated heterocycles. The van der Waals surface area contributed by atoms with Crippen molar-refractivity contribution in [3.8, 4) is 0 Å². The van der Waals surface area contributed by atoms with Crippen LogP contribution in [0.5, 0.6) is 0 Å². The molecule has 2 aromatic heterocycles.